The third-order valence-corrected chi connectivity index (χ3v) is 4.10. The Kier molecular flexibility index (Phi) is 7.19. The molecule has 0 saturated carbocycles. The summed E-state index contributed by atoms with van der Waals surface area (Å²) in [7, 11) is 0. The number of rotatable bonds is 7. The Hall–Kier alpha value is -1.43. The van der Waals surface area contributed by atoms with E-state index in [1.807, 2.05) is 25.7 Å². The van der Waals surface area contributed by atoms with Crippen LogP contribution in [-0.2, 0) is 16.1 Å². The third-order valence-electron chi connectivity index (χ3n) is 3.27. The van der Waals surface area contributed by atoms with E-state index in [9.17, 15) is 9.59 Å². The SMILES string of the molecule is CCOC(=O)c1csc(CN(CCC(C)C)C(=O)C(C)(C)C)n1. The highest BCUT2D eigenvalue weighted by molar-refractivity contribution is 7.09. The molecular formula is C17H28N2O3S. The molecule has 0 aliphatic heterocycles. The molecule has 1 amide bonds. The first-order valence-corrected chi connectivity index (χ1v) is 8.94. The minimum atomic E-state index is -0.432. The molecular weight excluding hydrogens is 312 g/mol. The fourth-order valence-electron chi connectivity index (χ4n) is 1.99. The lowest BCUT2D eigenvalue weighted by Crippen LogP contribution is -2.40. The molecule has 0 spiro atoms. The molecule has 0 atom stereocenters. The van der Waals surface area contributed by atoms with Crippen LogP contribution in [0.2, 0.25) is 0 Å². The van der Waals surface area contributed by atoms with Crippen LogP contribution in [0.3, 0.4) is 0 Å². The van der Waals surface area contributed by atoms with Crippen molar-refractivity contribution >= 4 is 23.2 Å². The zero-order valence-electron chi connectivity index (χ0n) is 15.0. The summed E-state index contributed by atoms with van der Waals surface area (Å²) in [5.74, 6) is 0.216. The second-order valence-electron chi connectivity index (χ2n) is 7.01. The van der Waals surface area contributed by atoms with Gasteiger partial charge in [-0.1, -0.05) is 34.6 Å². The number of ether oxygens (including phenoxy) is 1. The Bertz CT molecular complexity index is 532. The number of thiazole rings is 1. The van der Waals surface area contributed by atoms with Crippen LogP contribution in [0.4, 0.5) is 0 Å². The van der Waals surface area contributed by atoms with Crippen molar-refractivity contribution in [1.82, 2.24) is 9.88 Å². The van der Waals surface area contributed by atoms with Crippen molar-refractivity contribution in [2.75, 3.05) is 13.2 Å². The summed E-state index contributed by atoms with van der Waals surface area (Å²) in [6.45, 7) is 13.3. The van der Waals surface area contributed by atoms with Gasteiger partial charge in [0.1, 0.15) is 5.01 Å². The molecule has 6 heteroatoms. The minimum absolute atomic E-state index is 0.103. The average Bonchev–Trinajstić information content (AvgIpc) is 2.90. The van der Waals surface area contributed by atoms with E-state index < -0.39 is 11.4 Å². The smallest absolute Gasteiger partial charge is 0.357 e. The van der Waals surface area contributed by atoms with Crippen molar-refractivity contribution in [3.8, 4) is 0 Å². The Labute approximate surface area is 143 Å². The molecule has 0 aromatic carbocycles. The zero-order chi connectivity index (χ0) is 17.6. The zero-order valence-corrected chi connectivity index (χ0v) is 15.8. The number of hydrogen-bond donors (Lipinski definition) is 0. The van der Waals surface area contributed by atoms with Crippen LogP contribution < -0.4 is 0 Å². The van der Waals surface area contributed by atoms with Crippen molar-refractivity contribution in [2.45, 2.75) is 54.5 Å². The van der Waals surface area contributed by atoms with Crippen LogP contribution in [-0.4, -0.2) is 34.9 Å². The molecule has 1 rings (SSSR count). The predicted molar refractivity (Wildman–Crippen MR) is 92.4 cm³/mol. The van der Waals surface area contributed by atoms with Gasteiger partial charge >= 0.3 is 5.97 Å². The maximum absolute atomic E-state index is 12.6. The Morgan fingerprint density at radius 1 is 1.35 bits per heavy atom. The molecule has 0 N–H and O–H groups in total. The van der Waals surface area contributed by atoms with Gasteiger partial charge in [-0.05, 0) is 19.3 Å². The topological polar surface area (TPSA) is 59.5 Å². The summed E-state index contributed by atoms with van der Waals surface area (Å²) >= 11 is 1.39. The molecule has 0 unspecified atom stereocenters. The van der Waals surface area contributed by atoms with Crippen molar-refractivity contribution < 1.29 is 14.3 Å². The molecule has 0 aliphatic rings. The molecule has 0 radical (unpaired) electrons. The Morgan fingerprint density at radius 2 is 2.00 bits per heavy atom. The lowest BCUT2D eigenvalue weighted by molar-refractivity contribution is -0.140. The van der Waals surface area contributed by atoms with Gasteiger partial charge in [-0.2, -0.15) is 0 Å². The van der Waals surface area contributed by atoms with Gasteiger partial charge in [0.2, 0.25) is 5.91 Å². The molecule has 0 bridgehead atoms. The van der Waals surface area contributed by atoms with Gasteiger partial charge in [-0.3, -0.25) is 4.79 Å². The van der Waals surface area contributed by atoms with E-state index in [-0.39, 0.29) is 5.91 Å². The predicted octanol–water partition coefficient (Wildman–Crippen LogP) is 3.74. The number of aromatic nitrogens is 1. The van der Waals surface area contributed by atoms with Crippen molar-refractivity contribution in [3.63, 3.8) is 0 Å². The molecule has 1 heterocycles. The molecule has 0 aliphatic carbocycles. The van der Waals surface area contributed by atoms with E-state index in [2.05, 4.69) is 18.8 Å². The lowest BCUT2D eigenvalue weighted by Gasteiger charge is -2.29. The van der Waals surface area contributed by atoms with Crippen molar-refractivity contribution in [2.24, 2.45) is 11.3 Å². The maximum atomic E-state index is 12.6. The summed E-state index contributed by atoms with van der Waals surface area (Å²) in [6, 6.07) is 0. The number of carbonyl (C=O) groups excluding carboxylic acids is 2. The highest BCUT2D eigenvalue weighted by atomic mass is 32.1. The first kappa shape index (κ1) is 19.6. The van der Waals surface area contributed by atoms with Crippen LogP contribution in [0.1, 0.15) is 63.5 Å². The van der Waals surface area contributed by atoms with Gasteiger partial charge < -0.3 is 9.64 Å². The van der Waals surface area contributed by atoms with Crippen LogP contribution in [0.5, 0.6) is 0 Å². The summed E-state index contributed by atoms with van der Waals surface area (Å²) in [6.07, 6.45) is 0.942. The van der Waals surface area contributed by atoms with E-state index in [1.54, 1.807) is 12.3 Å². The van der Waals surface area contributed by atoms with Crippen LogP contribution in [0, 0.1) is 11.3 Å². The van der Waals surface area contributed by atoms with Gasteiger partial charge in [0, 0.05) is 17.3 Å². The van der Waals surface area contributed by atoms with Crippen LogP contribution in [0.15, 0.2) is 5.38 Å². The molecule has 1 aromatic rings. The van der Waals surface area contributed by atoms with E-state index in [0.29, 0.717) is 31.3 Å². The number of nitrogens with zero attached hydrogens (tertiary/aromatic N) is 2. The van der Waals surface area contributed by atoms with E-state index in [1.165, 1.54) is 11.3 Å². The monoisotopic (exact) mass is 340 g/mol. The fraction of sp³-hybridized carbons (Fsp3) is 0.706. The average molecular weight is 340 g/mol. The maximum Gasteiger partial charge on any atom is 0.357 e. The minimum Gasteiger partial charge on any atom is -0.461 e. The number of esters is 1. The number of hydrogen-bond acceptors (Lipinski definition) is 5. The van der Waals surface area contributed by atoms with E-state index >= 15 is 0 Å². The molecule has 130 valence electrons. The van der Waals surface area contributed by atoms with Crippen molar-refractivity contribution in [3.05, 3.63) is 16.1 Å². The van der Waals surface area contributed by atoms with Crippen LogP contribution in [0.25, 0.3) is 0 Å². The van der Waals surface area contributed by atoms with Gasteiger partial charge in [-0.15, -0.1) is 11.3 Å². The molecule has 1 aromatic heterocycles. The lowest BCUT2D eigenvalue weighted by atomic mass is 9.94. The fourth-order valence-corrected chi connectivity index (χ4v) is 2.76. The summed E-state index contributed by atoms with van der Waals surface area (Å²) in [4.78, 5) is 30.5. The van der Waals surface area contributed by atoms with Gasteiger partial charge in [0.05, 0.1) is 13.2 Å². The molecule has 23 heavy (non-hydrogen) atoms. The van der Waals surface area contributed by atoms with Gasteiger partial charge in [-0.25, -0.2) is 9.78 Å². The highest BCUT2D eigenvalue weighted by Crippen LogP contribution is 2.21. The van der Waals surface area contributed by atoms with Gasteiger partial charge in [0.25, 0.3) is 0 Å². The second-order valence-corrected chi connectivity index (χ2v) is 7.95. The first-order chi connectivity index (χ1) is 10.6. The number of amides is 1. The molecule has 0 fully saturated rings. The second kappa shape index (κ2) is 8.43. The Morgan fingerprint density at radius 3 is 2.52 bits per heavy atom. The Balaban J connectivity index is 2.84. The first-order valence-electron chi connectivity index (χ1n) is 8.06. The standard InChI is InChI=1S/C17H28N2O3S/c1-7-22-15(20)13-11-23-14(18-13)10-19(9-8-12(2)3)16(21)17(4,5)6/h11-12H,7-10H2,1-6H3. The van der Waals surface area contributed by atoms with E-state index in [4.69, 9.17) is 4.74 Å². The summed E-state index contributed by atoms with van der Waals surface area (Å²) in [5, 5.41) is 2.45. The molecule has 0 saturated heterocycles. The normalized spacial score (nSPS) is 11.6. The van der Waals surface area contributed by atoms with Crippen molar-refractivity contribution in [1.29, 1.82) is 0 Å². The van der Waals surface area contributed by atoms with Gasteiger partial charge in [0.15, 0.2) is 5.69 Å². The summed E-state index contributed by atoms with van der Waals surface area (Å²) in [5.41, 5.74) is -0.114. The third kappa shape index (κ3) is 6.29. The largest absolute Gasteiger partial charge is 0.461 e. The highest BCUT2D eigenvalue weighted by Gasteiger charge is 2.28. The molecule has 5 nitrogen and oxygen atoms in total. The quantitative estimate of drug-likeness (QED) is 0.710. The van der Waals surface area contributed by atoms with E-state index in [0.717, 1.165) is 11.4 Å². The van der Waals surface area contributed by atoms with Crippen LogP contribution >= 0.6 is 11.3 Å². The number of carbonyl (C=O) groups is 2. The summed E-state index contributed by atoms with van der Waals surface area (Å²) < 4.78 is 4.95.